The molecule has 0 bridgehead atoms. The van der Waals surface area contributed by atoms with Crippen LogP contribution in [0.3, 0.4) is 0 Å². The molecular formula is C29H22N4. The number of pyridine rings is 1. The summed E-state index contributed by atoms with van der Waals surface area (Å²) in [5.74, 6) is 0. The minimum atomic E-state index is -0.610. The lowest BCUT2D eigenvalue weighted by molar-refractivity contribution is 0.460. The molecule has 3 aromatic heterocycles. The normalized spacial score (nSPS) is 11.6. The van der Waals surface area contributed by atoms with Gasteiger partial charge in [0.2, 0.25) is 0 Å². The minimum Gasteiger partial charge on any atom is -0.306 e. The summed E-state index contributed by atoms with van der Waals surface area (Å²) in [6, 6.07) is 35.9. The fraction of sp³-hybridized carbons (Fsp3) is 0.0345. The third kappa shape index (κ3) is 3.15. The van der Waals surface area contributed by atoms with E-state index in [4.69, 9.17) is 5.10 Å². The van der Waals surface area contributed by atoms with Crippen molar-refractivity contribution < 1.29 is 0 Å². The number of hydrogen-bond acceptors (Lipinski definition) is 2. The second-order valence-electron chi connectivity index (χ2n) is 8.09. The average Bonchev–Trinajstić information content (AvgIpc) is 3.56. The first-order valence-electron chi connectivity index (χ1n) is 11.0. The number of imidazole rings is 1. The van der Waals surface area contributed by atoms with E-state index < -0.39 is 5.54 Å². The maximum absolute atomic E-state index is 4.95. The molecule has 0 fully saturated rings. The predicted octanol–water partition coefficient (Wildman–Crippen LogP) is 6.04. The molecule has 3 aromatic carbocycles. The van der Waals surface area contributed by atoms with Crippen LogP contribution in [0.15, 0.2) is 134 Å². The topological polar surface area (TPSA) is 35.1 Å². The van der Waals surface area contributed by atoms with Gasteiger partial charge in [0, 0.05) is 35.9 Å². The molecule has 0 spiro atoms. The molecule has 4 nitrogen and oxygen atoms in total. The van der Waals surface area contributed by atoms with Crippen LogP contribution < -0.4 is 0 Å². The van der Waals surface area contributed by atoms with Gasteiger partial charge in [-0.1, -0.05) is 91.0 Å². The maximum atomic E-state index is 4.95. The monoisotopic (exact) mass is 426 g/mol. The molecule has 4 heteroatoms. The van der Waals surface area contributed by atoms with Crippen molar-refractivity contribution in [3.05, 3.63) is 151 Å². The van der Waals surface area contributed by atoms with Crippen molar-refractivity contribution in [3.8, 4) is 11.1 Å². The first-order chi connectivity index (χ1) is 16.4. The Balaban J connectivity index is 1.62. The van der Waals surface area contributed by atoms with E-state index in [1.807, 2.05) is 29.1 Å². The summed E-state index contributed by atoms with van der Waals surface area (Å²) in [4.78, 5) is 4.36. The quantitative estimate of drug-likeness (QED) is 0.315. The SMILES string of the molecule is c1ccc(C(c2ccccc2)(c2ccccc2)n2cc(-c3ccc4nccn4c3)cn2)cc1. The largest absolute Gasteiger partial charge is 0.306 e. The van der Waals surface area contributed by atoms with Crippen molar-refractivity contribution in [1.29, 1.82) is 0 Å². The molecular weight excluding hydrogens is 404 g/mol. The molecule has 158 valence electrons. The molecule has 33 heavy (non-hydrogen) atoms. The van der Waals surface area contributed by atoms with Gasteiger partial charge in [0.05, 0.1) is 6.20 Å². The van der Waals surface area contributed by atoms with Crippen molar-refractivity contribution in [2.24, 2.45) is 0 Å². The van der Waals surface area contributed by atoms with Crippen molar-refractivity contribution in [1.82, 2.24) is 19.2 Å². The Morgan fingerprint density at radius 2 is 1.15 bits per heavy atom. The number of fused-ring (bicyclic) bond motifs is 1. The van der Waals surface area contributed by atoms with Gasteiger partial charge >= 0.3 is 0 Å². The fourth-order valence-electron chi connectivity index (χ4n) is 4.68. The highest BCUT2D eigenvalue weighted by Gasteiger charge is 2.39. The van der Waals surface area contributed by atoms with Crippen LogP contribution in [0.4, 0.5) is 0 Å². The predicted molar refractivity (Wildman–Crippen MR) is 131 cm³/mol. The van der Waals surface area contributed by atoms with Gasteiger partial charge in [0.25, 0.3) is 0 Å². The highest BCUT2D eigenvalue weighted by molar-refractivity contribution is 5.64. The lowest BCUT2D eigenvalue weighted by Gasteiger charge is -2.36. The average molecular weight is 427 g/mol. The second-order valence-corrected chi connectivity index (χ2v) is 8.09. The van der Waals surface area contributed by atoms with E-state index in [0.29, 0.717) is 0 Å². The number of nitrogens with zero attached hydrogens (tertiary/aromatic N) is 4. The van der Waals surface area contributed by atoms with Gasteiger partial charge in [-0.05, 0) is 28.8 Å². The molecule has 0 radical (unpaired) electrons. The molecule has 0 aliphatic rings. The van der Waals surface area contributed by atoms with E-state index in [1.165, 1.54) is 0 Å². The summed E-state index contributed by atoms with van der Waals surface area (Å²) < 4.78 is 4.13. The zero-order chi connectivity index (χ0) is 22.1. The summed E-state index contributed by atoms with van der Waals surface area (Å²) in [5.41, 5.74) is 5.93. The number of rotatable bonds is 5. The van der Waals surface area contributed by atoms with Gasteiger partial charge < -0.3 is 4.40 Å². The van der Waals surface area contributed by atoms with E-state index in [-0.39, 0.29) is 0 Å². The van der Waals surface area contributed by atoms with Crippen LogP contribution in [-0.2, 0) is 5.54 Å². The van der Waals surface area contributed by atoms with E-state index in [2.05, 4.69) is 119 Å². The molecule has 0 N–H and O–H groups in total. The maximum Gasteiger partial charge on any atom is 0.138 e. The van der Waals surface area contributed by atoms with Gasteiger partial charge in [0.1, 0.15) is 11.2 Å². The first-order valence-corrected chi connectivity index (χ1v) is 11.0. The highest BCUT2D eigenvalue weighted by Crippen LogP contribution is 2.41. The second kappa shape index (κ2) is 7.92. The third-order valence-electron chi connectivity index (χ3n) is 6.22. The number of aromatic nitrogens is 4. The van der Waals surface area contributed by atoms with Crippen LogP contribution in [0, 0.1) is 0 Å². The van der Waals surface area contributed by atoms with Crippen LogP contribution in [-0.4, -0.2) is 19.2 Å². The van der Waals surface area contributed by atoms with Gasteiger partial charge in [0.15, 0.2) is 0 Å². The number of benzene rings is 3. The molecule has 3 heterocycles. The molecule has 0 atom stereocenters. The Morgan fingerprint density at radius 1 is 0.576 bits per heavy atom. The minimum absolute atomic E-state index is 0.610. The molecule has 0 aliphatic heterocycles. The molecule has 0 amide bonds. The van der Waals surface area contributed by atoms with Crippen molar-refractivity contribution >= 4 is 5.65 Å². The van der Waals surface area contributed by atoms with Crippen LogP contribution in [0.5, 0.6) is 0 Å². The Morgan fingerprint density at radius 3 is 1.73 bits per heavy atom. The Hall–Kier alpha value is -4.44. The summed E-state index contributed by atoms with van der Waals surface area (Å²) >= 11 is 0. The molecule has 0 saturated heterocycles. The van der Waals surface area contributed by atoms with E-state index >= 15 is 0 Å². The summed E-state index contributed by atoms with van der Waals surface area (Å²) in [5, 5.41) is 4.95. The van der Waals surface area contributed by atoms with Gasteiger partial charge in [-0.25, -0.2) is 4.98 Å². The van der Waals surface area contributed by atoms with Crippen LogP contribution >= 0.6 is 0 Å². The van der Waals surface area contributed by atoms with Crippen molar-refractivity contribution in [3.63, 3.8) is 0 Å². The van der Waals surface area contributed by atoms with E-state index in [1.54, 1.807) is 0 Å². The number of hydrogen-bond donors (Lipinski definition) is 0. The Labute approximate surface area is 192 Å². The molecule has 0 unspecified atom stereocenters. The molecule has 6 aromatic rings. The molecule has 6 rings (SSSR count). The zero-order valence-electron chi connectivity index (χ0n) is 18.0. The lowest BCUT2D eigenvalue weighted by Crippen LogP contribution is -2.38. The summed E-state index contributed by atoms with van der Waals surface area (Å²) in [6.45, 7) is 0. The smallest absolute Gasteiger partial charge is 0.138 e. The van der Waals surface area contributed by atoms with Gasteiger partial charge in [-0.2, -0.15) is 5.10 Å². The molecule has 0 aliphatic carbocycles. The lowest BCUT2D eigenvalue weighted by atomic mass is 9.77. The van der Waals surface area contributed by atoms with Crippen LogP contribution in [0.25, 0.3) is 16.8 Å². The Bertz CT molecular complexity index is 1400. The van der Waals surface area contributed by atoms with Crippen molar-refractivity contribution in [2.45, 2.75) is 5.54 Å². The van der Waals surface area contributed by atoms with Crippen LogP contribution in [0.2, 0.25) is 0 Å². The van der Waals surface area contributed by atoms with Crippen LogP contribution in [0.1, 0.15) is 16.7 Å². The fourth-order valence-corrected chi connectivity index (χ4v) is 4.68. The van der Waals surface area contributed by atoms with Gasteiger partial charge in [-0.15, -0.1) is 0 Å². The standard InChI is InChI=1S/C29H22N4/c1-4-10-25(11-5-1)29(26-12-6-2-7-13-26,27-14-8-3-9-15-27)33-22-24(20-31-33)23-16-17-28-30-18-19-32(28)21-23/h1-22H. The van der Waals surface area contributed by atoms with Crippen molar-refractivity contribution in [2.75, 3.05) is 0 Å². The zero-order valence-corrected chi connectivity index (χ0v) is 18.0. The van der Waals surface area contributed by atoms with Gasteiger partial charge in [-0.3, -0.25) is 4.68 Å². The summed E-state index contributed by atoms with van der Waals surface area (Å²) in [6.07, 6.45) is 9.96. The molecule has 0 saturated carbocycles. The summed E-state index contributed by atoms with van der Waals surface area (Å²) in [7, 11) is 0. The highest BCUT2D eigenvalue weighted by atomic mass is 15.3. The Kier molecular flexibility index (Phi) is 4.62. The first kappa shape index (κ1) is 19.3. The third-order valence-corrected chi connectivity index (χ3v) is 6.22. The van der Waals surface area contributed by atoms with E-state index in [9.17, 15) is 0 Å². The van der Waals surface area contributed by atoms with E-state index in [0.717, 1.165) is 33.5 Å².